The minimum atomic E-state index is -1.94. The summed E-state index contributed by atoms with van der Waals surface area (Å²) in [7, 11) is 0. The predicted molar refractivity (Wildman–Crippen MR) is 286 cm³/mol. The first-order valence-electron chi connectivity index (χ1n) is 30.4. The largest absolute Gasteiger partial charge is 0.432 e. The fraction of sp³-hybridized carbons (Fsp3) is 0.948. The third-order valence-corrected chi connectivity index (χ3v) is 23.2. The van der Waals surface area contributed by atoms with Crippen LogP contribution < -0.4 is 0 Å². The van der Waals surface area contributed by atoms with E-state index in [0.717, 1.165) is 5.57 Å². The van der Waals surface area contributed by atoms with Crippen LogP contribution in [0.4, 0.5) is 0 Å². The Hall–Kier alpha value is -1.83. The van der Waals surface area contributed by atoms with E-state index in [0.29, 0.717) is 38.5 Å². The second-order valence-corrected chi connectivity index (χ2v) is 28.0. The van der Waals surface area contributed by atoms with Crippen molar-refractivity contribution in [2.75, 3.05) is 39.6 Å². The van der Waals surface area contributed by atoms with Gasteiger partial charge in [0.1, 0.15) is 110 Å². The molecule has 9 fully saturated rings. The number of carbonyl (C=O) groups excluding carboxylic acids is 1. The van der Waals surface area contributed by atoms with E-state index < -0.39 is 226 Å². The van der Waals surface area contributed by atoms with Crippen molar-refractivity contribution in [2.24, 2.45) is 50.2 Å². The van der Waals surface area contributed by atoms with Gasteiger partial charge in [-0.1, -0.05) is 46.3 Å². The van der Waals surface area contributed by atoms with Crippen molar-refractivity contribution in [3.63, 3.8) is 0 Å². The molecule has 5 heterocycles. The van der Waals surface area contributed by atoms with Crippen molar-refractivity contribution in [1.29, 1.82) is 0 Å². The third-order valence-electron chi connectivity index (χ3n) is 23.2. The number of allylic oxidation sites excluding steroid dienone is 2. The molecule has 0 amide bonds. The maximum Gasteiger partial charge on any atom is 0.314 e. The number of carbonyl (C=O) groups is 1. The summed E-state index contributed by atoms with van der Waals surface area (Å²) in [6.07, 6.45) is -34.1. The van der Waals surface area contributed by atoms with E-state index in [1.165, 1.54) is 0 Å². The van der Waals surface area contributed by atoms with Crippen molar-refractivity contribution in [2.45, 2.75) is 253 Å². The van der Waals surface area contributed by atoms with Gasteiger partial charge in [-0.05, 0) is 104 Å². The Bertz CT molecular complexity index is 2390. The van der Waals surface area contributed by atoms with Gasteiger partial charge in [0.25, 0.3) is 0 Å². The molecule has 10 aliphatic rings. The summed E-state index contributed by atoms with van der Waals surface area (Å²) in [6, 6.07) is 0. The lowest BCUT2D eigenvalue weighted by atomic mass is 9.33. The van der Waals surface area contributed by atoms with Gasteiger partial charge in [-0.2, -0.15) is 0 Å². The van der Waals surface area contributed by atoms with Crippen LogP contribution in [0.15, 0.2) is 11.6 Å². The molecule has 10 rings (SSSR count). The maximum absolute atomic E-state index is 14.3. The van der Waals surface area contributed by atoms with E-state index in [1.54, 1.807) is 6.92 Å². The molecule has 33 atom stereocenters. The van der Waals surface area contributed by atoms with Gasteiger partial charge in [0.15, 0.2) is 25.2 Å². The second kappa shape index (κ2) is 24.9. The average Bonchev–Trinajstić information content (AvgIpc) is 0.722. The van der Waals surface area contributed by atoms with Crippen LogP contribution >= 0.6 is 0 Å². The normalized spacial score (nSPS) is 54.8. The number of esters is 1. The molecule has 5 aliphatic carbocycles. The Kier molecular flexibility index (Phi) is 19.4. The van der Waals surface area contributed by atoms with E-state index in [1.807, 2.05) is 0 Å². The number of fused-ring (bicyclic) bond motifs is 7. The lowest BCUT2D eigenvalue weighted by molar-refractivity contribution is -0.392. The van der Waals surface area contributed by atoms with Crippen molar-refractivity contribution in [3.05, 3.63) is 11.6 Å². The first-order valence-corrected chi connectivity index (χ1v) is 30.4. The van der Waals surface area contributed by atoms with Crippen molar-refractivity contribution >= 4 is 5.97 Å². The molecular formula is C58H94O28. The third kappa shape index (κ3) is 11.0. The molecule has 0 aromatic heterocycles. The van der Waals surface area contributed by atoms with Gasteiger partial charge < -0.3 is 134 Å². The molecule has 0 radical (unpaired) electrons. The van der Waals surface area contributed by atoms with Gasteiger partial charge in [0.2, 0.25) is 6.29 Å². The molecule has 4 saturated carbocycles. The number of hydrogen-bond donors (Lipinski definition) is 17. The molecule has 28 nitrogen and oxygen atoms in total. The van der Waals surface area contributed by atoms with Crippen LogP contribution in [0.25, 0.3) is 0 Å². The zero-order chi connectivity index (χ0) is 62.7. The van der Waals surface area contributed by atoms with Crippen molar-refractivity contribution in [3.8, 4) is 0 Å². The van der Waals surface area contributed by atoms with Crippen LogP contribution in [0.2, 0.25) is 0 Å². The highest BCUT2D eigenvalue weighted by Gasteiger charge is 2.71. The van der Waals surface area contributed by atoms with Gasteiger partial charge >= 0.3 is 5.97 Å². The standard InChI is InChI=1S/C58H94O28/c1-53(2)30-9-12-56(5)31(8-7-23-24-15-54(3,13-14-58(24,22-62)32(64)16-57(23,56)6)52(76)86-49-44(75)40(71)36(67)27(18-60)80-49)55(30,4)11-10-33(53)83-50-45(85-48-43(74)39(70)35(66)26(17-59)79-48)38(69)29(21-78-50)82-51-46(41(72)37(68)28(19-61)81-51)84-47-42(73)34(65)25(63)20-77-47/h7,24-51,59-75H,8-22H2,1-6H3/t24-,25+,26+,27+,28+,29-,30-,31+,32+,33-,34-,35+,36+,37+,38-,39-,40-,41-,42+,43+,44+,45+,46+,47-,48-,49-,50-,51-,54-,55-,56+,57+,58+/m0/s1. The number of aliphatic hydroxyl groups is 17. The minimum Gasteiger partial charge on any atom is -0.432 e. The summed E-state index contributed by atoms with van der Waals surface area (Å²) in [6.45, 7) is 9.06. The van der Waals surface area contributed by atoms with Gasteiger partial charge in [-0.25, -0.2) is 0 Å². The molecule has 17 N–H and O–H groups in total. The van der Waals surface area contributed by atoms with Gasteiger partial charge in [0, 0.05) is 5.41 Å². The highest BCUT2D eigenvalue weighted by molar-refractivity contribution is 5.77. The van der Waals surface area contributed by atoms with E-state index in [-0.39, 0.29) is 43.1 Å². The molecule has 86 heavy (non-hydrogen) atoms. The van der Waals surface area contributed by atoms with Gasteiger partial charge in [-0.15, -0.1) is 0 Å². The molecule has 0 bridgehead atoms. The Morgan fingerprint density at radius 1 is 0.535 bits per heavy atom. The monoisotopic (exact) mass is 1240 g/mol. The van der Waals surface area contributed by atoms with E-state index in [4.69, 9.17) is 47.4 Å². The first kappa shape index (κ1) is 67.1. The molecule has 5 aliphatic heterocycles. The zero-order valence-electron chi connectivity index (χ0n) is 49.4. The lowest BCUT2D eigenvalue weighted by Gasteiger charge is -2.72. The lowest BCUT2D eigenvalue weighted by Crippen LogP contribution is -2.68. The van der Waals surface area contributed by atoms with Crippen LogP contribution in [-0.2, 0) is 52.2 Å². The molecule has 0 unspecified atom stereocenters. The minimum absolute atomic E-state index is 0.0161. The molecule has 494 valence electrons. The highest BCUT2D eigenvalue weighted by atomic mass is 16.8. The highest BCUT2D eigenvalue weighted by Crippen LogP contribution is 2.76. The molecular weight excluding hydrogens is 1140 g/mol. The Morgan fingerprint density at radius 3 is 1.72 bits per heavy atom. The number of aliphatic hydroxyl groups excluding tert-OH is 17. The Labute approximate surface area is 498 Å². The topological polar surface area (TPSA) is 453 Å². The Balaban J connectivity index is 0.891. The van der Waals surface area contributed by atoms with Gasteiger partial charge in [0.05, 0.1) is 57.3 Å². The van der Waals surface area contributed by atoms with E-state index >= 15 is 0 Å². The van der Waals surface area contributed by atoms with E-state index in [2.05, 4.69) is 40.7 Å². The summed E-state index contributed by atoms with van der Waals surface area (Å²) in [4.78, 5) is 14.3. The van der Waals surface area contributed by atoms with Crippen molar-refractivity contribution in [1.82, 2.24) is 0 Å². The van der Waals surface area contributed by atoms with Crippen molar-refractivity contribution < 1.29 is 139 Å². The molecule has 0 spiro atoms. The van der Waals surface area contributed by atoms with Crippen LogP contribution in [0.3, 0.4) is 0 Å². The van der Waals surface area contributed by atoms with Crippen LogP contribution in [-0.4, -0.2) is 286 Å². The fourth-order valence-corrected chi connectivity index (χ4v) is 17.5. The fourth-order valence-electron chi connectivity index (χ4n) is 17.5. The molecule has 0 aromatic carbocycles. The van der Waals surface area contributed by atoms with Gasteiger partial charge in [-0.3, -0.25) is 4.79 Å². The predicted octanol–water partition coefficient (Wildman–Crippen LogP) is -4.99. The average molecular weight is 1240 g/mol. The molecule has 28 heteroatoms. The van der Waals surface area contributed by atoms with Crippen LogP contribution in [0, 0.1) is 50.2 Å². The second-order valence-electron chi connectivity index (χ2n) is 28.0. The summed E-state index contributed by atoms with van der Waals surface area (Å²) in [5, 5.41) is 184. The zero-order valence-corrected chi connectivity index (χ0v) is 49.4. The summed E-state index contributed by atoms with van der Waals surface area (Å²) < 4.78 is 60.0. The number of hydrogen-bond acceptors (Lipinski definition) is 28. The van der Waals surface area contributed by atoms with E-state index in [9.17, 15) is 91.6 Å². The van der Waals surface area contributed by atoms with Crippen LogP contribution in [0.5, 0.6) is 0 Å². The summed E-state index contributed by atoms with van der Waals surface area (Å²) in [5.41, 5.74) is -3.20. The Morgan fingerprint density at radius 2 is 1.09 bits per heavy atom. The first-order chi connectivity index (χ1) is 40.4. The quantitative estimate of drug-likeness (QED) is 0.0440. The number of ether oxygens (including phenoxy) is 10. The summed E-state index contributed by atoms with van der Waals surface area (Å²) >= 11 is 0. The maximum atomic E-state index is 14.3. The van der Waals surface area contributed by atoms with Crippen LogP contribution in [0.1, 0.15) is 99.3 Å². The summed E-state index contributed by atoms with van der Waals surface area (Å²) in [5.74, 6) is -1.18. The smallest absolute Gasteiger partial charge is 0.314 e. The molecule has 5 saturated heterocycles. The molecule has 0 aromatic rings. The SMILES string of the molecule is CC1(C)[C@@H](O[C@@H]2OC[C@H](O[C@@H]3O[C@H](CO)[C@@H](O)[C@H](O)[C@H]3O[C@@H]3OC[C@@H](O)[C@H](O)[C@H]3O)[C@H](O)[C@H]2O[C@@H]2O[C@H](CO)[C@@H](O)[C@H](O)[C@H]2O)CC[C@]2(C)[C@H]3CC=C4[C@@H]5C[C@@](C)(C(=O)O[C@@H]6O[C@H](CO)[C@@H](O)[C@H](O)[C@H]6O)CC[C@]5(CO)[C@H](O)C[C@@]4(C)[C@]3(C)CC[C@@H]12. The number of rotatable bonds is 14.